The first-order valence-electron chi connectivity index (χ1n) is 15.0. The zero-order valence-electron chi connectivity index (χ0n) is 25.0. The van der Waals surface area contributed by atoms with Crippen LogP contribution in [0.3, 0.4) is 0 Å². The molecule has 8 nitrogen and oxygen atoms in total. The first kappa shape index (κ1) is 32.1. The number of hydrogen-bond acceptors (Lipinski definition) is 6. The van der Waals surface area contributed by atoms with Crippen LogP contribution in [-0.2, 0) is 24.6 Å². The first-order valence-corrected chi connectivity index (χ1v) is 15.0. The molecule has 230 valence electrons. The Morgan fingerprint density at radius 3 is 1.77 bits per heavy atom. The van der Waals surface area contributed by atoms with Gasteiger partial charge in [-0.2, -0.15) is 0 Å². The van der Waals surface area contributed by atoms with Gasteiger partial charge in [0.2, 0.25) is 0 Å². The van der Waals surface area contributed by atoms with Gasteiger partial charge in [0.25, 0.3) is 5.91 Å². The third-order valence-electron chi connectivity index (χ3n) is 6.92. The summed E-state index contributed by atoms with van der Waals surface area (Å²) in [6.07, 6.45) is 1.81. The number of nitrogens with zero attached hydrogens (tertiary/aromatic N) is 1. The van der Waals surface area contributed by atoms with E-state index < -0.39 is 0 Å². The van der Waals surface area contributed by atoms with Crippen molar-refractivity contribution in [3.05, 3.63) is 131 Å². The molecular weight excluding hydrogens is 554 g/mol. The van der Waals surface area contributed by atoms with Gasteiger partial charge in [0.05, 0.1) is 0 Å². The van der Waals surface area contributed by atoms with Crippen LogP contribution in [0.2, 0.25) is 0 Å². The molecule has 4 rings (SSSR count). The molecule has 0 saturated carbocycles. The Labute approximate surface area is 259 Å². The number of rotatable bonds is 17. The number of benzene rings is 4. The van der Waals surface area contributed by atoms with Gasteiger partial charge in [-0.25, -0.2) is 4.79 Å². The fourth-order valence-corrected chi connectivity index (χ4v) is 4.48. The molecule has 2 amide bonds. The first-order chi connectivity index (χ1) is 21.6. The summed E-state index contributed by atoms with van der Waals surface area (Å²) in [7, 11) is 0. The van der Waals surface area contributed by atoms with Gasteiger partial charge in [-0.05, 0) is 60.7 Å². The third-order valence-corrected chi connectivity index (χ3v) is 6.92. The summed E-state index contributed by atoms with van der Waals surface area (Å²) < 4.78 is 17.7. The van der Waals surface area contributed by atoms with Crippen LogP contribution in [0.25, 0.3) is 0 Å². The summed E-state index contributed by atoms with van der Waals surface area (Å²) in [5.74, 6) is 0.818. The number of ether oxygens (including phenoxy) is 3. The zero-order valence-corrected chi connectivity index (χ0v) is 25.0. The van der Waals surface area contributed by atoms with Crippen molar-refractivity contribution >= 4 is 12.0 Å². The van der Waals surface area contributed by atoms with Crippen molar-refractivity contribution < 1.29 is 23.8 Å². The van der Waals surface area contributed by atoms with Crippen LogP contribution < -0.4 is 20.5 Å². The van der Waals surface area contributed by atoms with E-state index in [1.54, 1.807) is 23.1 Å². The van der Waals surface area contributed by atoms with Crippen LogP contribution in [0.5, 0.6) is 11.5 Å². The molecule has 0 unspecified atom stereocenters. The molecule has 0 saturated heterocycles. The second kappa shape index (κ2) is 18.0. The number of carbonyl (C=O) groups excluding carboxylic acids is 2. The lowest BCUT2D eigenvalue weighted by atomic mass is 10.1. The number of hydrogen-bond donors (Lipinski definition) is 2. The molecule has 0 bridgehead atoms. The lowest BCUT2D eigenvalue weighted by molar-refractivity contribution is 0.0930. The van der Waals surface area contributed by atoms with E-state index in [9.17, 15) is 9.59 Å². The van der Waals surface area contributed by atoms with E-state index in [4.69, 9.17) is 19.9 Å². The summed E-state index contributed by atoms with van der Waals surface area (Å²) in [6, 6.07) is 34.5. The molecule has 0 aromatic heterocycles. The van der Waals surface area contributed by atoms with Crippen LogP contribution >= 0.6 is 0 Å². The highest BCUT2D eigenvalue weighted by atomic mass is 16.6. The van der Waals surface area contributed by atoms with Crippen LogP contribution in [0.1, 0.15) is 46.3 Å². The molecule has 0 fully saturated rings. The van der Waals surface area contributed by atoms with E-state index >= 15 is 0 Å². The van der Waals surface area contributed by atoms with Gasteiger partial charge in [0, 0.05) is 25.2 Å². The molecule has 4 aromatic carbocycles. The van der Waals surface area contributed by atoms with Crippen LogP contribution in [0.4, 0.5) is 4.79 Å². The predicted octanol–water partition coefficient (Wildman–Crippen LogP) is 6.34. The van der Waals surface area contributed by atoms with Crippen LogP contribution in [-0.4, -0.2) is 43.1 Å². The van der Waals surface area contributed by atoms with Crippen LogP contribution in [0, 0.1) is 0 Å². The SMILES string of the molecule is NCCCCN(CCCNC(=O)c1ccc(OCc2ccccc2)c(OCc2ccccc2)c1)C(=O)OCc1ccccc1. The average Bonchev–Trinajstić information content (AvgIpc) is 3.07. The highest BCUT2D eigenvalue weighted by Gasteiger charge is 2.16. The molecule has 0 spiro atoms. The standard InChI is InChI=1S/C36H41N3O5/c37-21-10-11-23-39(36(41)44-28-31-17-8-3-9-18-31)24-12-22-38-35(40)32-19-20-33(42-26-29-13-4-1-5-14-29)34(25-32)43-27-30-15-6-2-7-16-30/h1-9,13-20,25H,10-12,21-24,26-28,37H2,(H,38,40). The Hall–Kier alpha value is -4.82. The molecule has 0 heterocycles. The van der Waals surface area contributed by atoms with Crippen molar-refractivity contribution in [2.75, 3.05) is 26.2 Å². The van der Waals surface area contributed by atoms with E-state index in [0.29, 0.717) is 62.9 Å². The maximum absolute atomic E-state index is 13.1. The largest absolute Gasteiger partial charge is 0.485 e. The number of unbranched alkanes of at least 4 members (excludes halogenated alkanes) is 1. The molecule has 3 N–H and O–H groups in total. The van der Waals surface area contributed by atoms with Gasteiger partial charge in [0.1, 0.15) is 19.8 Å². The molecule has 0 radical (unpaired) electrons. The van der Waals surface area contributed by atoms with Gasteiger partial charge < -0.3 is 30.2 Å². The lowest BCUT2D eigenvalue weighted by Crippen LogP contribution is -2.35. The topological polar surface area (TPSA) is 103 Å². The minimum Gasteiger partial charge on any atom is -0.485 e. The van der Waals surface area contributed by atoms with Crippen molar-refractivity contribution in [2.45, 2.75) is 39.1 Å². The van der Waals surface area contributed by atoms with Crippen molar-refractivity contribution in [2.24, 2.45) is 5.73 Å². The maximum Gasteiger partial charge on any atom is 0.410 e. The van der Waals surface area contributed by atoms with Crippen molar-refractivity contribution in [3.8, 4) is 11.5 Å². The molecule has 8 heteroatoms. The minimum absolute atomic E-state index is 0.212. The lowest BCUT2D eigenvalue weighted by Gasteiger charge is -2.22. The maximum atomic E-state index is 13.1. The van der Waals surface area contributed by atoms with Crippen LogP contribution in [0.15, 0.2) is 109 Å². The van der Waals surface area contributed by atoms with Crippen molar-refractivity contribution in [1.82, 2.24) is 10.2 Å². The van der Waals surface area contributed by atoms with Crippen molar-refractivity contribution in [1.29, 1.82) is 0 Å². The minimum atomic E-state index is -0.372. The average molecular weight is 596 g/mol. The number of nitrogens with two attached hydrogens (primary N) is 1. The predicted molar refractivity (Wildman–Crippen MR) is 171 cm³/mol. The fraction of sp³-hybridized carbons (Fsp3) is 0.278. The van der Waals surface area contributed by atoms with Gasteiger partial charge >= 0.3 is 6.09 Å². The summed E-state index contributed by atoms with van der Waals surface area (Å²) in [6.45, 7) is 2.89. The second-order valence-electron chi connectivity index (χ2n) is 10.3. The molecule has 0 aliphatic heterocycles. The summed E-state index contributed by atoms with van der Waals surface area (Å²) in [5.41, 5.74) is 9.08. The third kappa shape index (κ3) is 10.8. The monoisotopic (exact) mass is 595 g/mol. The Kier molecular flexibility index (Phi) is 13.1. The molecule has 0 aliphatic carbocycles. The van der Waals surface area contributed by atoms with E-state index in [0.717, 1.165) is 29.5 Å². The Morgan fingerprint density at radius 1 is 0.636 bits per heavy atom. The van der Waals surface area contributed by atoms with Gasteiger partial charge in [0.15, 0.2) is 11.5 Å². The van der Waals surface area contributed by atoms with Gasteiger partial charge in [-0.1, -0.05) is 91.0 Å². The molecule has 44 heavy (non-hydrogen) atoms. The molecule has 0 aliphatic rings. The van der Waals surface area contributed by atoms with Gasteiger partial charge in [-0.3, -0.25) is 4.79 Å². The number of nitrogens with one attached hydrogen (secondary N) is 1. The Bertz CT molecular complexity index is 1420. The molecule has 0 atom stereocenters. The summed E-state index contributed by atoms with van der Waals surface area (Å²) >= 11 is 0. The number of amides is 2. The summed E-state index contributed by atoms with van der Waals surface area (Å²) in [4.78, 5) is 27.6. The molecule has 4 aromatic rings. The van der Waals surface area contributed by atoms with E-state index in [1.165, 1.54) is 0 Å². The Morgan fingerprint density at radius 2 is 1.18 bits per heavy atom. The highest BCUT2D eigenvalue weighted by Crippen LogP contribution is 2.30. The summed E-state index contributed by atoms with van der Waals surface area (Å²) in [5, 5.41) is 2.96. The fourth-order valence-electron chi connectivity index (χ4n) is 4.48. The van der Waals surface area contributed by atoms with E-state index in [-0.39, 0.29) is 18.6 Å². The smallest absolute Gasteiger partial charge is 0.410 e. The Balaban J connectivity index is 1.33. The number of carbonyl (C=O) groups is 2. The zero-order chi connectivity index (χ0) is 30.8. The van der Waals surface area contributed by atoms with Crippen molar-refractivity contribution in [3.63, 3.8) is 0 Å². The van der Waals surface area contributed by atoms with E-state index in [1.807, 2.05) is 91.0 Å². The second-order valence-corrected chi connectivity index (χ2v) is 10.3. The van der Waals surface area contributed by atoms with E-state index in [2.05, 4.69) is 5.32 Å². The molecular formula is C36H41N3O5. The van der Waals surface area contributed by atoms with Gasteiger partial charge in [-0.15, -0.1) is 0 Å². The normalized spacial score (nSPS) is 10.6. The quantitative estimate of drug-likeness (QED) is 0.138. The highest BCUT2D eigenvalue weighted by molar-refractivity contribution is 5.94.